The van der Waals surface area contributed by atoms with Gasteiger partial charge in [-0.3, -0.25) is 0 Å². The predicted octanol–water partition coefficient (Wildman–Crippen LogP) is -2.20. The SMILES string of the molecule is CC[NH+](CC)CCCC(C)Nc1cc[n+](C[C]2[CH][CH][CH][CH]2)c2cc(Cl)ccc12.O=C([O-])C(O)C(O)C(=O)O.O=C([O-])C(O)C(O)C(=O)O.[CH]1[CH][CH][CH][CH]1.[Fe+2]. The van der Waals surface area contributed by atoms with Gasteiger partial charge in [0.05, 0.1) is 42.6 Å². The molecule has 54 heavy (non-hydrogen) atoms. The Morgan fingerprint density at radius 3 is 1.69 bits per heavy atom. The van der Waals surface area contributed by atoms with Crippen LogP contribution in [-0.2, 0) is 42.8 Å². The smallest absolute Gasteiger partial charge is 0.547 e. The molecule has 10 radical (unpaired) electrons. The van der Waals surface area contributed by atoms with Crippen LogP contribution in [0.4, 0.5) is 5.69 Å². The fraction of sp³-hybridized carbons (Fsp3) is 0.378. The van der Waals surface area contributed by atoms with Crippen molar-refractivity contribution in [3.8, 4) is 0 Å². The Morgan fingerprint density at radius 1 is 0.796 bits per heavy atom. The fourth-order valence-electron chi connectivity index (χ4n) is 4.73. The number of fused-ring (bicyclic) bond motifs is 1. The second kappa shape index (κ2) is 27.5. The Balaban J connectivity index is 0.000000882. The summed E-state index contributed by atoms with van der Waals surface area (Å²) in [5.41, 5.74) is 2.35. The first-order valence-electron chi connectivity index (χ1n) is 16.7. The van der Waals surface area contributed by atoms with Crippen molar-refractivity contribution in [3.05, 3.63) is 99.2 Å². The van der Waals surface area contributed by atoms with Crippen LogP contribution in [0, 0.1) is 63.7 Å². The second-order valence-corrected chi connectivity index (χ2v) is 12.2. The van der Waals surface area contributed by atoms with E-state index in [9.17, 15) is 29.4 Å². The van der Waals surface area contributed by atoms with Crippen molar-refractivity contribution in [3.63, 3.8) is 0 Å². The van der Waals surface area contributed by atoms with E-state index in [0.29, 0.717) is 6.04 Å². The van der Waals surface area contributed by atoms with Gasteiger partial charge in [-0.2, -0.15) is 4.57 Å². The Hall–Kier alpha value is -3.08. The number of carboxylic acid groups (broad SMARTS) is 4. The number of carboxylic acids is 4. The number of carbonyl (C=O) groups excluding carboxylic acids is 2. The van der Waals surface area contributed by atoms with E-state index in [-0.39, 0.29) is 17.1 Å². The number of rotatable bonds is 16. The van der Waals surface area contributed by atoms with Crippen LogP contribution in [0.1, 0.15) is 33.6 Å². The summed E-state index contributed by atoms with van der Waals surface area (Å²) >= 11 is 6.32. The van der Waals surface area contributed by atoms with Crippen LogP contribution >= 0.6 is 11.6 Å². The van der Waals surface area contributed by atoms with Crippen LogP contribution in [0.15, 0.2) is 30.5 Å². The molecule has 296 valence electrons. The van der Waals surface area contributed by atoms with Crippen LogP contribution < -0.4 is 25.0 Å². The molecule has 2 aromatic rings. The number of hydrogen-bond acceptors (Lipinski definition) is 11. The Kier molecular flexibility index (Phi) is 25.9. The van der Waals surface area contributed by atoms with Crippen molar-refractivity contribution in [2.24, 2.45) is 0 Å². The van der Waals surface area contributed by atoms with E-state index in [0.717, 1.165) is 11.6 Å². The van der Waals surface area contributed by atoms with E-state index in [2.05, 4.69) is 80.7 Å². The number of nitrogens with zero attached hydrogens (tertiary/aromatic N) is 1. The van der Waals surface area contributed by atoms with Crippen LogP contribution in [-0.4, -0.2) is 105 Å². The van der Waals surface area contributed by atoms with Gasteiger partial charge in [-0.25, -0.2) is 9.59 Å². The molecule has 15 nitrogen and oxygen atoms in total. The molecule has 17 heteroatoms. The van der Waals surface area contributed by atoms with Crippen molar-refractivity contribution in [1.82, 2.24) is 0 Å². The topological polar surface area (TPSA) is 256 Å². The van der Waals surface area contributed by atoms with Crippen molar-refractivity contribution in [2.45, 2.75) is 70.6 Å². The number of hydrogen-bond donors (Lipinski definition) is 8. The molecule has 2 saturated carbocycles. The van der Waals surface area contributed by atoms with Gasteiger partial charge < -0.3 is 60.7 Å². The number of pyridine rings is 1. The molecule has 4 rings (SSSR count). The Bertz CT molecular complexity index is 1340. The number of benzene rings is 1. The summed E-state index contributed by atoms with van der Waals surface area (Å²) in [5, 5.41) is 74.0. The summed E-state index contributed by atoms with van der Waals surface area (Å²) in [6, 6.07) is 8.83. The molecular weight excluding hydrogens is 770 g/mol. The third-order valence-electron chi connectivity index (χ3n) is 7.78. The van der Waals surface area contributed by atoms with Crippen LogP contribution in [0.5, 0.6) is 0 Å². The molecule has 5 unspecified atom stereocenters. The number of aliphatic carboxylic acids is 4. The Labute approximate surface area is 332 Å². The Morgan fingerprint density at radius 2 is 1.28 bits per heavy atom. The first-order valence-corrected chi connectivity index (χ1v) is 17.1. The number of aromatic nitrogens is 1. The minimum absolute atomic E-state index is 0. The number of carbonyl (C=O) groups is 4. The zero-order valence-corrected chi connectivity index (χ0v) is 31.9. The molecule has 0 amide bonds. The summed E-state index contributed by atoms with van der Waals surface area (Å²) in [4.78, 5) is 40.5. The molecule has 0 saturated heterocycles. The molecule has 8 N–H and O–H groups in total. The van der Waals surface area contributed by atoms with Crippen LogP contribution in [0.3, 0.4) is 0 Å². The fourth-order valence-corrected chi connectivity index (χ4v) is 4.90. The van der Waals surface area contributed by atoms with Gasteiger partial charge in [0.25, 0.3) is 0 Å². The molecule has 0 spiro atoms. The molecule has 0 aliphatic heterocycles. The molecule has 2 aliphatic rings. The molecule has 2 fully saturated rings. The zero-order chi connectivity index (χ0) is 40.1. The monoisotopic (exact) mass is 817 g/mol. The maximum Gasteiger partial charge on any atom is 2.00 e. The van der Waals surface area contributed by atoms with Crippen molar-refractivity contribution in [1.29, 1.82) is 0 Å². The normalized spacial score (nSPS) is 16.5. The maximum absolute atomic E-state index is 9.74. The van der Waals surface area contributed by atoms with E-state index in [1.807, 2.05) is 38.2 Å². The first-order chi connectivity index (χ1) is 25.0. The minimum atomic E-state index is -2.38. The quantitative estimate of drug-likeness (QED) is 0.0662. The van der Waals surface area contributed by atoms with E-state index >= 15 is 0 Å². The van der Waals surface area contributed by atoms with E-state index in [4.69, 9.17) is 42.2 Å². The predicted molar refractivity (Wildman–Crippen MR) is 190 cm³/mol. The zero-order valence-electron chi connectivity index (χ0n) is 30.0. The van der Waals surface area contributed by atoms with E-state index < -0.39 is 48.3 Å². The average Bonchev–Trinajstić information content (AvgIpc) is 3.88. The number of quaternary nitrogens is 1. The van der Waals surface area contributed by atoms with Gasteiger partial charge in [-0.05, 0) is 104 Å². The summed E-state index contributed by atoms with van der Waals surface area (Å²) < 4.78 is 2.27. The number of nitrogens with one attached hydrogen (secondary N) is 2. The third kappa shape index (κ3) is 19.0. The molecule has 1 aromatic heterocycles. The summed E-state index contributed by atoms with van der Waals surface area (Å²) in [5.74, 6) is -6.35. The van der Waals surface area contributed by atoms with Crippen molar-refractivity contribution in [2.75, 3.05) is 25.0 Å². The van der Waals surface area contributed by atoms with Crippen LogP contribution in [0.2, 0.25) is 5.02 Å². The van der Waals surface area contributed by atoms with Crippen LogP contribution in [0.25, 0.3) is 10.9 Å². The molecule has 1 aromatic carbocycles. The van der Waals surface area contributed by atoms with E-state index in [1.165, 1.54) is 55.0 Å². The summed E-state index contributed by atoms with van der Waals surface area (Å²) in [7, 11) is 0. The van der Waals surface area contributed by atoms with Crippen molar-refractivity contribution >= 4 is 52.1 Å². The minimum Gasteiger partial charge on any atom is -0.547 e. The van der Waals surface area contributed by atoms with Gasteiger partial charge in [0.15, 0.2) is 24.9 Å². The maximum atomic E-state index is 9.74. The van der Waals surface area contributed by atoms with E-state index in [1.54, 1.807) is 4.90 Å². The number of anilines is 1. The molecule has 2 aliphatic carbocycles. The molecular formula is C37H48ClFeN3O12+2. The van der Waals surface area contributed by atoms with Gasteiger partial charge in [0, 0.05) is 29.1 Å². The average molecular weight is 818 g/mol. The van der Waals surface area contributed by atoms with Gasteiger partial charge in [-0.15, -0.1) is 0 Å². The summed E-state index contributed by atoms with van der Waals surface area (Å²) in [6.07, 6.45) is 13.7. The third-order valence-corrected chi connectivity index (χ3v) is 8.01. The van der Waals surface area contributed by atoms with Gasteiger partial charge in [-0.1, -0.05) is 11.6 Å². The largest absolute Gasteiger partial charge is 2.00 e. The van der Waals surface area contributed by atoms with Gasteiger partial charge in [0.1, 0.15) is 12.2 Å². The number of aliphatic hydroxyl groups excluding tert-OH is 4. The van der Waals surface area contributed by atoms with Gasteiger partial charge in [0.2, 0.25) is 5.52 Å². The number of halogens is 1. The second-order valence-electron chi connectivity index (χ2n) is 11.8. The van der Waals surface area contributed by atoms with Crippen molar-refractivity contribution < 1.29 is 86.6 Å². The first kappa shape index (κ1) is 50.9. The molecule has 1 heterocycles. The molecule has 5 atom stereocenters. The summed E-state index contributed by atoms with van der Waals surface area (Å²) in [6.45, 7) is 11.4. The van der Waals surface area contributed by atoms with Gasteiger partial charge >= 0.3 is 29.0 Å². The standard InChI is InChI=1S/C24H31ClN3.C5H5.2C4H6O6.Fe/c1-4-27(5-2)15-8-9-19(3)26-23-14-16-28(18-20-10-6-7-11-20)24-17-21(25)12-13-22(23)24;1-2-4-5-3-1;2*5-1(3(7)8)2(6)4(9)10;/h6-7,10-14,16-17,19H,4-5,8-9,15,18H2,1-3H3;1-5H;2*1-2,5-6H,(H,7,8)(H,9,10);/q;;;;+2. The molecule has 0 bridgehead atoms. The number of aliphatic hydroxyl groups is 4.